The summed E-state index contributed by atoms with van der Waals surface area (Å²) in [6.45, 7) is 4.23. The number of fused-ring (bicyclic) bond motifs is 1. The minimum absolute atomic E-state index is 0.144. The fourth-order valence-electron chi connectivity index (χ4n) is 3.71. The van der Waals surface area contributed by atoms with Crippen molar-refractivity contribution in [2.45, 2.75) is 19.4 Å². The molecular formula is C20H23N3O2. The predicted octanol–water partition coefficient (Wildman–Crippen LogP) is 2.28. The lowest BCUT2D eigenvalue weighted by Crippen LogP contribution is -2.43. The molecule has 4 rings (SSSR count). The Hall–Kier alpha value is -2.53. The number of rotatable bonds is 3. The molecule has 2 aromatic carbocycles. The van der Waals surface area contributed by atoms with Gasteiger partial charge in [0, 0.05) is 50.0 Å². The number of hydrogen-bond acceptors (Lipinski definition) is 4. The summed E-state index contributed by atoms with van der Waals surface area (Å²) in [5.74, 6) is 0.398. The lowest BCUT2D eigenvalue weighted by atomic mass is 10.0. The van der Waals surface area contributed by atoms with E-state index < -0.39 is 0 Å². The molecule has 2 heterocycles. The van der Waals surface area contributed by atoms with Gasteiger partial charge in [-0.1, -0.05) is 18.2 Å². The monoisotopic (exact) mass is 337 g/mol. The topological polar surface area (TPSA) is 55.8 Å². The van der Waals surface area contributed by atoms with E-state index in [0.29, 0.717) is 13.0 Å². The summed E-state index contributed by atoms with van der Waals surface area (Å²) in [6.07, 6.45) is 1.35. The van der Waals surface area contributed by atoms with Crippen molar-refractivity contribution >= 4 is 17.3 Å². The molecule has 1 fully saturated rings. The number of piperazine rings is 1. The molecule has 1 saturated heterocycles. The van der Waals surface area contributed by atoms with Crippen LogP contribution in [0.1, 0.15) is 17.5 Å². The first-order chi connectivity index (χ1) is 12.2. The van der Waals surface area contributed by atoms with Crippen LogP contribution in [-0.2, 0) is 17.8 Å². The molecule has 2 aromatic rings. The number of anilines is 2. The second-order valence-corrected chi connectivity index (χ2v) is 6.70. The standard InChI is InChI=1S/C20H23N3O2/c24-18-12-15(11-17(13-18)22-9-7-21-8-10-22)14-23-19-4-2-1-3-16(19)5-6-20(23)25/h1-4,11-13,21,24H,5-10,14H2. The lowest BCUT2D eigenvalue weighted by Gasteiger charge is -2.31. The Labute approximate surface area is 147 Å². The minimum Gasteiger partial charge on any atom is -0.508 e. The van der Waals surface area contributed by atoms with Crippen LogP contribution in [0.4, 0.5) is 11.4 Å². The van der Waals surface area contributed by atoms with E-state index in [9.17, 15) is 9.90 Å². The molecule has 1 amide bonds. The van der Waals surface area contributed by atoms with Gasteiger partial charge in [0.1, 0.15) is 5.75 Å². The lowest BCUT2D eigenvalue weighted by molar-refractivity contribution is -0.119. The van der Waals surface area contributed by atoms with E-state index in [1.54, 1.807) is 12.1 Å². The summed E-state index contributed by atoms with van der Waals surface area (Å²) < 4.78 is 0. The third-order valence-corrected chi connectivity index (χ3v) is 4.98. The normalized spacial score (nSPS) is 17.5. The number of aromatic hydroxyl groups is 1. The average Bonchev–Trinajstić information content (AvgIpc) is 2.64. The first kappa shape index (κ1) is 16.0. The maximum atomic E-state index is 12.5. The molecule has 5 heteroatoms. The van der Waals surface area contributed by atoms with Crippen LogP contribution in [0.15, 0.2) is 42.5 Å². The molecule has 0 spiro atoms. The number of phenols is 1. The van der Waals surface area contributed by atoms with Crippen LogP contribution in [0.3, 0.4) is 0 Å². The van der Waals surface area contributed by atoms with Crippen LogP contribution >= 0.6 is 0 Å². The van der Waals surface area contributed by atoms with Crippen molar-refractivity contribution in [3.63, 3.8) is 0 Å². The van der Waals surface area contributed by atoms with Crippen molar-refractivity contribution in [1.29, 1.82) is 0 Å². The smallest absolute Gasteiger partial charge is 0.227 e. The second kappa shape index (κ2) is 6.76. The molecule has 130 valence electrons. The van der Waals surface area contributed by atoms with Crippen molar-refractivity contribution in [1.82, 2.24) is 5.32 Å². The highest BCUT2D eigenvalue weighted by Crippen LogP contribution is 2.31. The summed E-state index contributed by atoms with van der Waals surface area (Å²) in [4.78, 5) is 16.6. The zero-order valence-corrected chi connectivity index (χ0v) is 14.2. The van der Waals surface area contributed by atoms with Crippen molar-refractivity contribution in [2.24, 2.45) is 0 Å². The van der Waals surface area contributed by atoms with Crippen molar-refractivity contribution in [3.8, 4) is 5.75 Å². The Kier molecular flexibility index (Phi) is 4.32. The van der Waals surface area contributed by atoms with Crippen LogP contribution in [-0.4, -0.2) is 37.2 Å². The maximum absolute atomic E-state index is 12.5. The van der Waals surface area contributed by atoms with E-state index in [4.69, 9.17) is 0 Å². The highest BCUT2D eigenvalue weighted by molar-refractivity contribution is 5.96. The van der Waals surface area contributed by atoms with Crippen molar-refractivity contribution in [2.75, 3.05) is 36.0 Å². The Bertz CT molecular complexity index is 784. The van der Waals surface area contributed by atoms with E-state index in [2.05, 4.69) is 22.3 Å². The largest absolute Gasteiger partial charge is 0.508 e. The number of nitrogens with one attached hydrogen (secondary N) is 1. The van der Waals surface area contributed by atoms with Crippen molar-refractivity contribution in [3.05, 3.63) is 53.6 Å². The number of aryl methyl sites for hydroxylation is 1. The van der Waals surface area contributed by atoms with Crippen LogP contribution in [0.2, 0.25) is 0 Å². The van der Waals surface area contributed by atoms with Crippen LogP contribution in [0.5, 0.6) is 5.75 Å². The number of hydrogen-bond donors (Lipinski definition) is 2. The van der Waals surface area contributed by atoms with Gasteiger partial charge in [-0.2, -0.15) is 0 Å². The molecule has 0 saturated carbocycles. The molecule has 0 aromatic heterocycles. The summed E-state index contributed by atoms with van der Waals surface area (Å²) in [5.41, 5.74) is 4.18. The number of para-hydroxylation sites is 1. The Balaban J connectivity index is 1.62. The summed E-state index contributed by atoms with van der Waals surface area (Å²) in [5, 5.41) is 13.5. The fourth-order valence-corrected chi connectivity index (χ4v) is 3.71. The van der Waals surface area contributed by atoms with E-state index >= 15 is 0 Å². The molecule has 0 aliphatic carbocycles. The maximum Gasteiger partial charge on any atom is 0.227 e. The van der Waals surface area contributed by atoms with E-state index in [0.717, 1.165) is 49.5 Å². The molecule has 2 N–H and O–H groups in total. The van der Waals surface area contributed by atoms with Gasteiger partial charge in [0.2, 0.25) is 5.91 Å². The van der Waals surface area contributed by atoms with Gasteiger partial charge in [0.05, 0.1) is 6.54 Å². The highest BCUT2D eigenvalue weighted by Gasteiger charge is 2.24. The van der Waals surface area contributed by atoms with Crippen LogP contribution < -0.4 is 15.1 Å². The highest BCUT2D eigenvalue weighted by atomic mass is 16.3. The summed E-state index contributed by atoms with van der Waals surface area (Å²) in [7, 11) is 0. The fraction of sp³-hybridized carbons (Fsp3) is 0.350. The van der Waals surface area contributed by atoms with Gasteiger partial charge < -0.3 is 20.2 Å². The molecule has 0 atom stereocenters. The van der Waals surface area contributed by atoms with Crippen LogP contribution in [0, 0.1) is 0 Å². The van der Waals surface area contributed by atoms with E-state index in [-0.39, 0.29) is 11.7 Å². The van der Waals surface area contributed by atoms with Gasteiger partial charge in [0.25, 0.3) is 0 Å². The van der Waals surface area contributed by atoms with Gasteiger partial charge in [-0.05, 0) is 35.7 Å². The number of phenolic OH excluding ortho intramolecular Hbond substituents is 1. The van der Waals surface area contributed by atoms with Crippen LogP contribution in [0.25, 0.3) is 0 Å². The first-order valence-electron chi connectivity index (χ1n) is 8.87. The molecule has 0 bridgehead atoms. The third-order valence-electron chi connectivity index (χ3n) is 4.98. The molecule has 2 aliphatic heterocycles. The zero-order valence-electron chi connectivity index (χ0n) is 14.2. The Morgan fingerprint density at radius 2 is 1.84 bits per heavy atom. The molecule has 5 nitrogen and oxygen atoms in total. The number of nitrogens with zero attached hydrogens (tertiary/aromatic N) is 2. The zero-order chi connectivity index (χ0) is 17.2. The quantitative estimate of drug-likeness (QED) is 0.902. The Morgan fingerprint density at radius 3 is 2.68 bits per heavy atom. The van der Waals surface area contributed by atoms with Gasteiger partial charge in [-0.3, -0.25) is 4.79 Å². The SMILES string of the molecule is O=C1CCc2ccccc2N1Cc1cc(O)cc(N2CCNCC2)c1. The van der Waals surface area contributed by atoms with Gasteiger partial charge in [-0.15, -0.1) is 0 Å². The van der Waals surface area contributed by atoms with Crippen molar-refractivity contribution < 1.29 is 9.90 Å². The van der Waals surface area contributed by atoms with Gasteiger partial charge in [0.15, 0.2) is 0 Å². The summed E-state index contributed by atoms with van der Waals surface area (Å²) >= 11 is 0. The number of carbonyl (C=O) groups excluding carboxylic acids is 1. The first-order valence-corrected chi connectivity index (χ1v) is 8.87. The molecule has 25 heavy (non-hydrogen) atoms. The number of carbonyl (C=O) groups is 1. The molecular weight excluding hydrogens is 314 g/mol. The third kappa shape index (κ3) is 3.33. The van der Waals surface area contributed by atoms with E-state index in [1.165, 1.54) is 5.56 Å². The number of amides is 1. The molecule has 0 radical (unpaired) electrons. The minimum atomic E-state index is 0.144. The second-order valence-electron chi connectivity index (χ2n) is 6.70. The Morgan fingerprint density at radius 1 is 1.04 bits per heavy atom. The number of benzene rings is 2. The summed E-state index contributed by atoms with van der Waals surface area (Å²) in [6, 6.07) is 13.7. The van der Waals surface area contributed by atoms with E-state index in [1.807, 2.05) is 23.1 Å². The average molecular weight is 337 g/mol. The molecule has 2 aliphatic rings. The predicted molar refractivity (Wildman–Crippen MR) is 99.1 cm³/mol. The van der Waals surface area contributed by atoms with Gasteiger partial charge >= 0.3 is 0 Å². The molecule has 0 unspecified atom stereocenters. The van der Waals surface area contributed by atoms with Gasteiger partial charge in [-0.25, -0.2) is 0 Å².